The van der Waals surface area contributed by atoms with Crippen LogP contribution in [0.1, 0.15) is 24.3 Å². The zero-order valence-corrected chi connectivity index (χ0v) is 14.2. The lowest BCUT2D eigenvalue weighted by Gasteiger charge is -2.19. The standard InChI is InChI=1S/C15H10Cl2N4O4/c1-8(22)20-15(9-2-4-11(5-3-9)21(23)24)25-14(19-20)10-6-12(16)18-13(17)7-10/h2-7,15H,1H3/t15-/m1/s1. The number of carbonyl (C=O) groups is 1. The van der Waals surface area contributed by atoms with Gasteiger partial charge in [-0.2, -0.15) is 5.01 Å². The molecule has 0 bridgehead atoms. The maximum absolute atomic E-state index is 11.9. The third-order valence-corrected chi connectivity index (χ3v) is 3.75. The van der Waals surface area contributed by atoms with Crippen molar-refractivity contribution in [2.45, 2.75) is 13.2 Å². The van der Waals surface area contributed by atoms with Crippen molar-refractivity contribution in [1.29, 1.82) is 0 Å². The number of nitrogens with zero attached hydrogens (tertiary/aromatic N) is 4. The van der Waals surface area contributed by atoms with Crippen LogP contribution in [0.4, 0.5) is 5.69 Å². The first-order valence-electron chi connectivity index (χ1n) is 6.98. The van der Waals surface area contributed by atoms with Crippen molar-refractivity contribution >= 4 is 40.7 Å². The molecule has 25 heavy (non-hydrogen) atoms. The van der Waals surface area contributed by atoms with E-state index < -0.39 is 11.2 Å². The molecule has 1 amide bonds. The number of non-ortho nitro benzene ring substituents is 1. The molecule has 1 aliphatic rings. The third kappa shape index (κ3) is 3.54. The molecule has 0 unspecified atom stereocenters. The maximum atomic E-state index is 11.9. The van der Waals surface area contributed by atoms with E-state index >= 15 is 0 Å². The van der Waals surface area contributed by atoms with Crippen LogP contribution in [0.2, 0.25) is 10.3 Å². The van der Waals surface area contributed by atoms with Gasteiger partial charge in [0.25, 0.3) is 5.69 Å². The number of pyridine rings is 1. The van der Waals surface area contributed by atoms with Crippen LogP contribution in [0.15, 0.2) is 41.5 Å². The molecular formula is C15H10Cl2N4O4. The normalized spacial score (nSPS) is 16.4. The van der Waals surface area contributed by atoms with Crippen LogP contribution >= 0.6 is 23.2 Å². The Morgan fingerprint density at radius 3 is 2.36 bits per heavy atom. The third-order valence-electron chi connectivity index (χ3n) is 3.37. The van der Waals surface area contributed by atoms with Crippen molar-refractivity contribution in [2.75, 3.05) is 0 Å². The highest BCUT2D eigenvalue weighted by Crippen LogP contribution is 2.32. The molecule has 1 aromatic carbocycles. The van der Waals surface area contributed by atoms with Crippen molar-refractivity contribution in [1.82, 2.24) is 9.99 Å². The highest BCUT2D eigenvalue weighted by Gasteiger charge is 2.33. The molecule has 1 atom stereocenters. The van der Waals surface area contributed by atoms with Crippen LogP contribution in [0.5, 0.6) is 0 Å². The van der Waals surface area contributed by atoms with E-state index in [-0.39, 0.29) is 27.8 Å². The predicted molar refractivity (Wildman–Crippen MR) is 90.2 cm³/mol. The minimum atomic E-state index is -0.848. The SMILES string of the molecule is CC(=O)N1N=C(c2cc(Cl)nc(Cl)c2)O[C@@H]1c1ccc([N+](=O)[O-])cc1. The number of benzene rings is 1. The molecule has 0 aliphatic carbocycles. The molecule has 1 aliphatic heterocycles. The lowest BCUT2D eigenvalue weighted by molar-refractivity contribution is -0.384. The van der Waals surface area contributed by atoms with Crippen molar-refractivity contribution in [3.05, 3.63) is 67.9 Å². The number of aromatic nitrogens is 1. The summed E-state index contributed by atoms with van der Waals surface area (Å²) in [7, 11) is 0. The first-order valence-corrected chi connectivity index (χ1v) is 7.73. The first-order chi connectivity index (χ1) is 11.8. The average molecular weight is 381 g/mol. The van der Waals surface area contributed by atoms with Crippen molar-refractivity contribution < 1.29 is 14.5 Å². The molecule has 1 aromatic heterocycles. The number of halogens is 2. The molecule has 0 saturated carbocycles. The molecule has 8 nitrogen and oxygen atoms in total. The number of hydrogen-bond donors (Lipinski definition) is 0. The van der Waals surface area contributed by atoms with Crippen LogP contribution < -0.4 is 0 Å². The minimum absolute atomic E-state index is 0.0649. The van der Waals surface area contributed by atoms with E-state index in [1.165, 1.54) is 43.3 Å². The summed E-state index contributed by atoms with van der Waals surface area (Å²) in [5.74, 6) is -0.214. The summed E-state index contributed by atoms with van der Waals surface area (Å²) >= 11 is 11.8. The number of rotatable bonds is 3. The molecule has 128 valence electrons. The van der Waals surface area contributed by atoms with Gasteiger partial charge in [0.15, 0.2) is 0 Å². The fourth-order valence-corrected chi connectivity index (χ4v) is 2.71. The van der Waals surface area contributed by atoms with Crippen LogP contribution in [-0.2, 0) is 9.53 Å². The van der Waals surface area contributed by atoms with Gasteiger partial charge in [0, 0.05) is 30.2 Å². The van der Waals surface area contributed by atoms with E-state index in [1.807, 2.05) is 0 Å². The number of nitro groups is 1. The largest absolute Gasteiger partial charge is 0.446 e. The molecule has 2 aromatic rings. The lowest BCUT2D eigenvalue weighted by Crippen LogP contribution is -2.25. The monoisotopic (exact) mass is 380 g/mol. The first kappa shape index (κ1) is 17.1. The average Bonchev–Trinajstić information content (AvgIpc) is 2.99. The Morgan fingerprint density at radius 1 is 1.24 bits per heavy atom. The number of hydrogen-bond acceptors (Lipinski definition) is 6. The van der Waals surface area contributed by atoms with Gasteiger partial charge < -0.3 is 4.74 Å². The summed E-state index contributed by atoms with van der Waals surface area (Å²) in [6.07, 6.45) is -0.848. The zero-order valence-electron chi connectivity index (χ0n) is 12.7. The minimum Gasteiger partial charge on any atom is -0.446 e. The second-order valence-electron chi connectivity index (χ2n) is 5.09. The second-order valence-corrected chi connectivity index (χ2v) is 5.86. The van der Waals surface area contributed by atoms with Gasteiger partial charge in [-0.05, 0) is 24.3 Å². The fourth-order valence-electron chi connectivity index (χ4n) is 2.25. The van der Waals surface area contributed by atoms with E-state index in [0.717, 1.165) is 5.01 Å². The molecule has 10 heteroatoms. The fraction of sp³-hybridized carbons (Fsp3) is 0.133. The molecule has 0 N–H and O–H groups in total. The van der Waals surface area contributed by atoms with E-state index in [2.05, 4.69) is 10.1 Å². The van der Waals surface area contributed by atoms with Crippen molar-refractivity contribution in [2.24, 2.45) is 5.10 Å². The van der Waals surface area contributed by atoms with Gasteiger partial charge in [0.05, 0.1) is 4.92 Å². The van der Waals surface area contributed by atoms with Gasteiger partial charge in [-0.15, -0.1) is 5.10 Å². The molecule has 3 rings (SSSR count). The predicted octanol–water partition coefficient (Wildman–Crippen LogP) is 3.54. The highest BCUT2D eigenvalue weighted by molar-refractivity contribution is 6.33. The number of ether oxygens (including phenoxy) is 1. The van der Waals surface area contributed by atoms with Crippen LogP contribution in [0.3, 0.4) is 0 Å². The van der Waals surface area contributed by atoms with Crippen LogP contribution in [-0.4, -0.2) is 26.7 Å². The van der Waals surface area contributed by atoms with Gasteiger partial charge in [-0.1, -0.05) is 23.2 Å². The summed E-state index contributed by atoms with van der Waals surface area (Å²) in [5.41, 5.74) is 0.927. The van der Waals surface area contributed by atoms with E-state index in [1.54, 1.807) is 0 Å². The summed E-state index contributed by atoms with van der Waals surface area (Å²) in [6, 6.07) is 8.67. The number of amides is 1. The number of nitro benzene ring substituents is 1. The van der Waals surface area contributed by atoms with Crippen molar-refractivity contribution in [3.63, 3.8) is 0 Å². The smallest absolute Gasteiger partial charge is 0.269 e. The van der Waals surface area contributed by atoms with Gasteiger partial charge in [-0.3, -0.25) is 14.9 Å². The van der Waals surface area contributed by atoms with Gasteiger partial charge in [0.1, 0.15) is 10.3 Å². The van der Waals surface area contributed by atoms with Gasteiger partial charge in [0.2, 0.25) is 18.0 Å². The zero-order chi connectivity index (χ0) is 18.1. The number of hydrazone groups is 1. The van der Waals surface area contributed by atoms with E-state index in [9.17, 15) is 14.9 Å². The molecular weight excluding hydrogens is 371 g/mol. The Kier molecular flexibility index (Phi) is 4.56. The van der Waals surface area contributed by atoms with E-state index in [0.29, 0.717) is 11.1 Å². The van der Waals surface area contributed by atoms with Crippen LogP contribution in [0, 0.1) is 10.1 Å². The quantitative estimate of drug-likeness (QED) is 0.460. The molecule has 2 heterocycles. The van der Waals surface area contributed by atoms with Crippen molar-refractivity contribution in [3.8, 4) is 0 Å². The van der Waals surface area contributed by atoms with E-state index in [4.69, 9.17) is 27.9 Å². The maximum Gasteiger partial charge on any atom is 0.269 e. The van der Waals surface area contributed by atoms with Gasteiger partial charge >= 0.3 is 0 Å². The highest BCUT2D eigenvalue weighted by atomic mass is 35.5. The summed E-state index contributed by atoms with van der Waals surface area (Å²) in [4.78, 5) is 26.0. The van der Waals surface area contributed by atoms with Crippen LogP contribution in [0.25, 0.3) is 0 Å². The Hall–Kier alpha value is -2.71. The molecule has 0 fully saturated rings. The Labute approximate surface area is 151 Å². The summed E-state index contributed by atoms with van der Waals surface area (Å²) in [6.45, 7) is 1.33. The Balaban J connectivity index is 1.94. The molecule has 0 radical (unpaired) electrons. The Morgan fingerprint density at radius 2 is 1.84 bits per heavy atom. The summed E-state index contributed by atoms with van der Waals surface area (Å²) < 4.78 is 5.76. The number of carbonyl (C=O) groups excluding carboxylic acids is 1. The Bertz CT molecular complexity index is 865. The van der Waals surface area contributed by atoms with Gasteiger partial charge in [-0.25, -0.2) is 4.98 Å². The molecule has 0 spiro atoms. The second kappa shape index (κ2) is 6.66. The topological polar surface area (TPSA) is 97.9 Å². The lowest BCUT2D eigenvalue weighted by atomic mass is 10.1. The summed E-state index contributed by atoms with van der Waals surface area (Å²) in [5, 5.41) is 16.4. The molecule has 0 saturated heterocycles.